The first kappa shape index (κ1) is 19.5. The number of nitrogens with zero attached hydrogens (tertiary/aromatic N) is 2. The molecule has 0 N–H and O–H groups in total. The topological polar surface area (TPSA) is 32.8 Å². The number of hydrogen-bond acceptors (Lipinski definition) is 3. The lowest BCUT2D eigenvalue weighted by molar-refractivity contribution is -0.146. The number of amides is 1. The Bertz CT molecular complexity index is 811. The van der Waals surface area contributed by atoms with E-state index in [4.69, 9.17) is 4.74 Å². The highest BCUT2D eigenvalue weighted by Gasteiger charge is 2.31. The Hall–Kier alpha value is -2.31. The fourth-order valence-corrected chi connectivity index (χ4v) is 3.21. The first-order valence-electron chi connectivity index (χ1n) is 9.02. The van der Waals surface area contributed by atoms with Crippen molar-refractivity contribution in [3.8, 4) is 0 Å². The first-order valence-corrected chi connectivity index (χ1v) is 9.02. The Morgan fingerprint density at radius 3 is 2.63 bits per heavy atom. The van der Waals surface area contributed by atoms with E-state index in [1.165, 1.54) is 6.07 Å². The third-order valence-electron chi connectivity index (χ3n) is 4.70. The lowest BCUT2D eigenvalue weighted by Crippen LogP contribution is -2.41. The van der Waals surface area contributed by atoms with Crippen LogP contribution in [0.25, 0.3) is 0 Å². The Kier molecular flexibility index (Phi) is 6.19. The summed E-state index contributed by atoms with van der Waals surface area (Å²) in [5.74, 6) is -1.96. The van der Waals surface area contributed by atoms with Crippen LogP contribution in [-0.2, 0) is 22.5 Å². The van der Waals surface area contributed by atoms with E-state index >= 15 is 0 Å². The molecule has 0 saturated carbocycles. The summed E-state index contributed by atoms with van der Waals surface area (Å²) in [6.07, 6.45) is 0.114. The van der Waals surface area contributed by atoms with Crippen molar-refractivity contribution in [3.63, 3.8) is 0 Å². The SMILES string of the molecule is CN(C)CCN(Cc1ccc(F)c(F)c1)C(=O)C1OCCc2ccccc21. The fraction of sp³-hybridized carbons (Fsp3) is 0.381. The van der Waals surface area contributed by atoms with Crippen molar-refractivity contribution in [1.29, 1.82) is 0 Å². The van der Waals surface area contributed by atoms with Crippen LogP contribution in [0.15, 0.2) is 42.5 Å². The summed E-state index contributed by atoms with van der Waals surface area (Å²) in [5.41, 5.74) is 2.54. The van der Waals surface area contributed by atoms with Crippen molar-refractivity contribution in [2.75, 3.05) is 33.8 Å². The van der Waals surface area contributed by atoms with E-state index in [1.54, 1.807) is 4.90 Å². The van der Waals surface area contributed by atoms with E-state index in [-0.39, 0.29) is 12.5 Å². The van der Waals surface area contributed by atoms with E-state index in [2.05, 4.69) is 0 Å². The van der Waals surface area contributed by atoms with Crippen molar-refractivity contribution in [2.24, 2.45) is 0 Å². The Balaban J connectivity index is 1.84. The molecule has 0 fully saturated rings. The zero-order valence-corrected chi connectivity index (χ0v) is 15.6. The van der Waals surface area contributed by atoms with E-state index in [1.807, 2.05) is 43.3 Å². The van der Waals surface area contributed by atoms with E-state index in [0.29, 0.717) is 25.3 Å². The highest BCUT2D eigenvalue weighted by Crippen LogP contribution is 2.29. The van der Waals surface area contributed by atoms with Gasteiger partial charge in [0.25, 0.3) is 5.91 Å². The van der Waals surface area contributed by atoms with Gasteiger partial charge in [-0.25, -0.2) is 8.78 Å². The molecule has 6 heteroatoms. The highest BCUT2D eigenvalue weighted by molar-refractivity contribution is 5.83. The maximum absolute atomic E-state index is 13.6. The van der Waals surface area contributed by atoms with Gasteiger partial charge in [0.2, 0.25) is 0 Å². The van der Waals surface area contributed by atoms with Gasteiger partial charge in [-0.2, -0.15) is 0 Å². The lowest BCUT2D eigenvalue weighted by Gasteiger charge is -2.31. The van der Waals surface area contributed by atoms with Crippen LogP contribution in [0.4, 0.5) is 8.78 Å². The third kappa shape index (κ3) is 4.70. The molecule has 2 aromatic rings. The molecular weight excluding hydrogens is 350 g/mol. The summed E-state index contributed by atoms with van der Waals surface area (Å²) in [7, 11) is 3.85. The average Bonchev–Trinajstić information content (AvgIpc) is 2.66. The maximum Gasteiger partial charge on any atom is 0.256 e. The third-order valence-corrected chi connectivity index (χ3v) is 4.70. The summed E-state index contributed by atoms with van der Waals surface area (Å²) < 4.78 is 32.6. The molecule has 0 saturated heterocycles. The van der Waals surface area contributed by atoms with Crippen LogP contribution in [0.1, 0.15) is 22.8 Å². The Morgan fingerprint density at radius 2 is 1.89 bits per heavy atom. The summed E-state index contributed by atoms with van der Waals surface area (Å²) >= 11 is 0. The van der Waals surface area contributed by atoms with Gasteiger partial charge in [0.15, 0.2) is 17.7 Å². The van der Waals surface area contributed by atoms with Gasteiger partial charge in [-0.05, 0) is 49.3 Å². The second-order valence-electron chi connectivity index (χ2n) is 7.01. The molecule has 1 aliphatic rings. The first-order chi connectivity index (χ1) is 13.0. The van der Waals surface area contributed by atoms with Gasteiger partial charge >= 0.3 is 0 Å². The van der Waals surface area contributed by atoms with Crippen molar-refractivity contribution >= 4 is 5.91 Å². The van der Waals surface area contributed by atoms with E-state index in [9.17, 15) is 13.6 Å². The quantitative estimate of drug-likeness (QED) is 0.779. The number of fused-ring (bicyclic) bond motifs is 1. The molecule has 1 unspecified atom stereocenters. The smallest absolute Gasteiger partial charge is 0.256 e. The second-order valence-corrected chi connectivity index (χ2v) is 7.01. The van der Waals surface area contributed by atoms with Gasteiger partial charge < -0.3 is 14.5 Å². The van der Waals surface area contributed by atoms with Crippen molar-refractivity contribution < 1.29 is 18.3 Å². The van der Waals surface area contributed by atoms with Crippen LogP contribution < -0.4 is 0 Å². The van der Waals surface area contributed by atoms with Gasteiger partial charge in [0, 0.05) is 19.6 Å². The van der Waals surface area contributed by atoms with Gasteiger partial charge in [-0.15, -0.1) is 0 Å². The molecule has 1 aliphatic heterocycles. The average molecular weight is 374 g/mol. The van der Waals surface area contributed by atoms with Crippen LogP contribution in [0, 0.1) is 11.6 Å². The molecule has 2 aromatic carbocycles. The van der Waals surface area contributed by atoms with E-state index in [0.717, 1.165) is 29.7 Å². The van der Waals surface area contributed by atoms with Crippen LogP contribution in [0.2, 0.25) is 0 Å². The minimum absolute atomic E-state index is 0.159. The molecule has 1 atom stereocenters. The molecule has 1 heterocycles. The van der Waals surface area contributed by atoms with Crippen molar-refractivity contribution in [1.82, 2.24) is 9.80 Å². The molecule has 4 nitrogen and oxygen atoms in total. The predicted molar refractivity (Wildman–Crippen MR) is 99.2 cm³/mol. The molecule has 0 aliphatic carbocycles. The van der Waals surface area contributed by atoms with Gasteiger partial charge in [-0.3, -0.25) is 4.79 Å². The van der Waals surface area contributed by atoms with Crippen LogP contribution in [-0.4, -0.2) is 49.5 Å². The molecule has 144 valence electrons. The highest BCUT2D eigenvalue weighted by atomic mass is 19.2. The number of ether oxygens (including phenoxy) is 1. The molecule has 27 heavy (non-hydrogen) atoms. The van der Waals surface area contributed by atoms with E-state index < -0.39 is 17.7 Å². The van der Waals surface area contributed by atoms with Crippen LogP contribution >= 0.6 is 0 Å². The van der Waals surface area contributed by atoms with Gasteiger partial charge in [0.05, 0.1) is 6.61 Å². The predicted octanol–water partition coefficient (Wildman–Crippen LogP) is 3.17. The summed E-state index contributed by atoms with van der Waals surface area (Å²) in [5, 5.41) is 0. The summed E-state index contributed by atoms with van der Waals surface area (Å²) in [6, 6.07) is 11.5. The Labute approximate surface area is 158 Å². The minimum atomic E-state index is -0.910. The number of benzene rings is 2. The number of likely N-dealkylation sites (N-methyl/N-ethyl adjacent to an activating group) is 1. The van der Waals surface area contributed by atoms with Gasteiger partial charge in [-0.1, -0.05) is 30.3 Å². The largest absolute Gasteiger partial charge is 0.363 e. The zero-order valence-electron chi connectivity index (χ0n) is 15.6. The number of halogens is 2. The normalized spacial score (nSPS) is 16.3. The maximum atomic E-state index is 13.6. The molecule has 0 aromatic heterocycles. The Morgan fingerprint density at radius 1 is 1.11 bits per heavy atom. The number of hydrogen-bond donors (Lipinski definition) is 0. The lowest BCUT2D eigenvalue weighted by atomic mass is 9.96. The standard InChI is InChI=1S/C21H24F2N2O2/c1-24(2)10-11-25(14-15-7-8-18(22)19(23)13-15)21(26)20-17-6-4-3-5-16(17)9-12-27-20/h3-8,13,20H,9-12,14H2,1-2H3. The molecule has 3 rings (SSSR count). The van der Waals surface area contributed by atoms with Crippen molar-refractivity contribution in [3.05, 3.63) is 70.8 Å². The number of rotatable bonds is 6. The van der Waals surface area contributed by atoms with Crippen LogP contribution in [0.5, 0.6) is 0 Å². The van der Waals surface area contributed by atoms with Gasteiger partial charge in [0.1, 0.15) is 0 Å². The molecular formula is C21H24F2N2O2. The monoisotopic (exact) mass is 374 g/mol. The summed E-state index contributed by atoms with van der Waals surface area (Å²) in [4.78, 5) is 16.9. The molecule has 0 bridgehead atoms. The molecule has 1 amide bonds. The molecule has 0 spiro atoms. The number of carbonyl (C=O) groups excluding carboxylic acids is 1. The summed E-state index contributed by atoms with van der Waals surface area (Å²) in [6.45, 7) is 1.81. The fourth-order valence-electron chi connectivity index (χ4n) is 3.21. The number of carbonyl (C=O) groups is 1. The van der Waals surface area contributed by atoms with Crippen LogP contribution in [0.3, 0.4) is 0 Å². The second kappa shape index (κ2) is 8.59. The molecule has 0 radical (unpaired) electrons. The zero-order chi connectivity index (χ0) is 19.4. The van der Waals surface area contributed by atoms with Crippen molar-refractivity contribution in [2.45, 2.75) is 19.1 Å². The minimum Gasteiger partial charge on any atom is -0.363 e.